The Morgan fingerprint density at radius 1 is 0.845 bits per heavy atom. The minimum absolute atomic E-state index is 0.0112. The third-order valence-electron chi connectivity index (χ3n) is 11.6. The highest BCUT2D eigenvalue weighted by Gasteiger charge is 2.44. The van der Waals surface area contributed by atoms with Gasteiger partial charge >= 0.3 is 5.69 Å². The van der Waals surface area contributed by atoms with Crippen molar-refractivity contribution >= 4 is 11.4 Å². The molecule has 2 aliphatic heterocycles. The van der Waals surface area contributed by atoms with Gasteiger partial charge in [-0.3, -0.25) is 0 Å². The average Bonchev–Trinajstić information content (AvgIpc) is 4.01. The van der Waals surface area contributed by atoms with Crippen LogP contribution in [0.5, 0.6) is 5.75 Å². The Balaban J connectivity index is 0.825. The molecule has 58 heavy (non-hydrogen) atoms. The first kappa shape index (κ1) is 39.0. The zero-order valence-corrected chi connectivity index (χ0v) is 33.0. The summed E-state index contributed by atoms with van der Waals surface area (Å²) in [4.78, 5) is 22.2. The van der Waals surface area contributed by atoms with Crippen molar-refractivity contribution < 1.29 is 18.3 Å². The lowest BCUT2D eigenvalue weighted by Gasteiger charge is -2.37. The number of piperazine rings is 1. The molecule has 1 N–H and O–H groups in total. The molecule has 12 nitrogen and oxygen atoms in total. The Morgan fingerprint density at radius 3 is 2.17 bits per heavy atom. The summed E-state index contributed by atoms with van der Waals surface area (Å²) in [6, 6.07) is 30.1. The third kappa shape index (κ3) is 8.39. The van der Waals surface area contributed by atoms with Crippen molar-refractivity contribution in [1.29, 1.82) is 0 Å². The number of hydrogen-bond acceptors (Lipinski definition) is 9. The van der Waals surface area contributed by atoms with Gasteiger partial charge in [0.1, 0.15) is 42.0 Å². The van der Waals surface area contributed by atoms with Crippen LogP contribution in [-0.2, 0) is 16.9 Å². The summed E-state index contributed by atoms with van der Waals surface area (Å²) in [7, 11) is 0. The molecule has 6 aromatic rings. The van der Waals surface area contributed by atoms with E-state index in [0.29, 0.717) is 25.2 Å². The van der Waals surface area contributed by atoms with E-state index in [4.69, 9.17) is 9.47 Å². The van der Waals surface area contributed by atoms with E-state index >= 15 is 4.39 Å². The molecule has 0 spiro atoms. The second-order valence-corrected chi connectivity index (χ2v) is 15.4. The maximum Gasteiger partial charge on any atom is 0.350 e. The van der Waals surface area contributed by atoms with Crippen molar-refractivity contribution in [2.75, 3.05) is 49.2 Å². The Morgan fingerprint density at radius 2 is 1.52 bits per heavy atom. The first-order valence-electron chi connectivity index (χ1n) is 19.9. The van der Waals surface area contributed by atoms with E-state index in [9.17, 15) is 9.18 Å². The minimum atomic E-state index is -1.02. The van der Waals surface area contributed by atoms with Gasteiger partial charge in [0.25, 0.3) is 0 Å². The Labute approximate surface area is 336 Å². The van der Waals surface area contributed by atoms with Crippen LogP contribution in [0.1, 0.15) is 50.4 Å². The van der Waals surface area contributed by atoms with Crippen LogP contribution in [0.3, 0.4) is 0 Å². The van der Waals surface area contributed by atoms with Crippen LogP contribution in [0.2, 0.25) is 0 Å². The number of ether oxygens (including phenoxy) is 2. The highest BCUT2D eigenvalue weighted by Crippen LogP contribution is 2.42. The lowest BCUT2D eigenvalue weighted by atomic mass is 9.87. The molecule has 5 atom stereocenters. The van der Waals surface area contributed by atoms with E-state index in [1.54, 1.807) is 26.6 Å². The molecule has 8 rings (SSSR count). The Kier molecular flexibility index (Phi) is 11.4. The molecule has 0 radical (unpaired) electrons. The van der Waals surface area contributed by atoms with Crippen LogP contribution in [-0.4, -0.2) is 74.5 Å². The van der Waals surface area contributed by atoms with Gasteiger partial charge in [-0.05, 0) is 87.4 Å². The minimum Gasteiger partial charge on any atom is -0.493 e. The SMILES string of the molecule is CC(NC(C)C(C)n1ncn(-c2ccc(N3CCN(c4ccc(OC[C@H]5CO[C@@](Cn6cncn6)(c6ccc(F)cc6F)C5)cc4)CC3)cc2)c1=O)c1ccccc1. The lowest BCUT2D eigenvalue weighted by molar-refractivity contribution is -0.0206. The van der Waals surface area contributed by atoms with Crippen LogP contribution in [0.15, 0.2) is 121 Å². The van der Waals surface area contributed by atoms with Gasteiger partial charge in [0.2, 0.25) is 0 Å². The third-order valence-corrected chi connectivity index (χ3v) is 11.6. The maximum absolute atomic E-state index is 15.0. The first-order valence-corrected chi connectivity index (χ1v) is 19.9. The predicted octanol–water partition coefficient (Wildman–Crippen LogP) is 6.54. The normalized spacial score (nSPS) is 19.9. The molecule has 0 bridgehead atoms. The highest BCUT2D eigenvalue weighted by molar-refractivity contribution is 5.54. The summed E-state index contributed by atoms with van der Waals surface area (Å²) in [6.45, 7) is 10.6. The van der Waals surface area contributed by atoms with Crippen molar-refractivity contribution in [2.45, 2.75) is 57.5 Å². The van der Waals surface area contributed by atoms with Crippen molar-refractivity contribution in [3.8, 4) is 11.4 Å². The number of anilines is 2. The summed E-state index contributed by atoms with van der Waals surface area (Å²) < 4.78 is 46.0. The number of nitrogens with zero attached hydrogens (tertiary/aromatic N) is 8. The fraction of sp³-hybridized carbons (Fsp3) is 0.364. The Hall–Kier alpha value is -5.86. The molecule has 4 heterocycles. The summed E-state index contributed by atoms with van der Waals surface area (Å²) in [5.74, 6) is -0.549. The van der Waals surface area contributed by atoms with Gasteiger partial charge in [0.15, 0.2) is 0 Å². The Bertz CT molecular complexity index is 2310. The first-order chi connectivity index (χ1) is 28.2. The number of aromatic nitrogens is 6. The molecule has 2 aromatic heterocycles. The van der Waals surface area contributed by atoms with Crippen LogP contribution in [0, 0.1) is 17.6 Å². The number of benzene rings is 4. The number of halogens is 2. The average molecular weight is 790 g/mol. The molecule has 2 fully saturated rings. The van der Waals surface area contributed by atoms with Gasteiger partial charge in [-0.15, -0.1) is 0 Å². The van der Waals surface area contributed by atoms with E-state index in [1.807, 2.05) is 49.4 Å². The van der Waals surface area contributed by atoms with Gasteiger partial charge < -0.3 is 24.6 Å². The largest absolute Gasteiger partial charge is 0.493 e. The van der Waals surface area contributed by atoms with Crippen molar-refractivity contribution in [1.82, 2.24) is 34.4 Å². The summed E-state index contributed by atoms with van der Waals surface area (Å²) >= 11 is 0. The second-order valence-electron chi connectivity index (χ2n) is 15.4. The zero-order chi connectivity index (χ0) is 40.2. The summed E-state index contributed by atoms with van der Waals surface area (Å²) in [5, 5.41) is 12.3. The fourth-order valence-corrected chi connectivity index (χ4v) is 8.16. The standard InChI is InChI=1S/C44H49F2N9O3/c1-31(50-32(2)35-7-5-4-6-8-35)33(3)55-43(56)54(30-49-55)39-12-10-37(11-13-39)51-19-21-52(22-20-51)38-14-16-40(17-15-38)57-25-34-24-44(58-26-34,27-53-29-47-28-48-53)41-18-9-36(45)23-42(41)46/h4-18,23,28-34,50H,19-22,24-27H2,1-3H3/t31?,32?,33?,34-,44-/m0/s1. The lowest BCUT2D eigenvalue weighted by Crippen LogP contribution is -2.46. The number of rotatable bonds is 14. The summed E-state index contributed by atoms with van der Waals surface area (Å²) in [5.41, 5.74) is 3.32. The quantitative estimate of drug-likeness (QED) is 0.132. The van der Waals surface area contributed by atoms with E-state index in [-0.39, 0.29) is 36.3 Å². The van der Waals surface area contributed by atoms with Gasteiger partial charge in [-0.2, -0.15) is 10.2 Å². The molecule has 4 aromatic carbocycles. The highest BCUT2D eigenvalue weighted by atomic mass is 19.1. The predicted molar refractivity (Wildman–Crippen MR) is 218 cm³/mol. The van der Waals surface area contributed by atoms with E-state index in [0.717, 1.165) is 55.1 Å². The van der Waals surface area contributed by atoms with Gasteiger partial charge in [0.05, 0.1) is 31.5 Å². The van der Waals surface area contributed by atoms with Crippen LogP contribution in [0.25, 0.3) is 5.69 Å². The van der Waals surface area contributed by atoms with Crippen molar-refractivity contribution in [3.05, 3.63) is 149 Å². The van der Waals surface area contributed by atoms with Gasteiger partial charge in [0, 0.05) is 67.2 Å². The fourth-order valence-electron chi connectivity index (χ4n) is 8.16. The van der Waals surface area contributed by atoms with Crippen LogP contribution >= 0.6 is 0 Å². The summed E-state index contributed by atoms with van der Waals surface area (Å²) in [6.07, 6.45) is 5.07. The number of nitrogens with one attached hydrogen (secondary N) is 1. The molecule has 3 unspecified atom stereocenters. The van der Waals surface area contributed by atoms with Crippen molar-refractivity contribution in [2.24, 2.45) is 5.92 Å². The molecule has 0 saturated carbocycles. The second kappa shape index (κ2) is 16.9. The molecule has 2 saturated heterocycles. The van der Waals surface area contributed by atoms with Crippen LogP contribution in [0.4, 0.5) is 20.2 Å². The monoisotopic (exact) mass is 789 g/mol. The molecule has 302 valence electrons. The molecule has 0 amide bonds. The molecule has 2 aliphatic rings. The van der Waals surface area contributed by atoms with Gasteiger partial charge in [-0.1, -0.05) is 36.4 Å². The van der Waals surface area contributed by atoms with Crippen molar-refractivity contribution in [3.63, 3.8) is 0 Å². The molecule has 14 heteroatoms. The van der Waals surface area contributed by atoms with Gasteiger partial charge in [-0.25, -0.2) is 32.5 Å². The van der Waals surface area contributed by atoms with E-state index in [2.05, 4.69) is 80.5 Å². The smallest absolute Gasteiger partial charge is 0.350 e. The zero-order valence-electron chi connectivity index (χ0n) is 33.0. The molecular weight excluding hydrogens is 741 g/mol. The molecule has 0 aliphatic carbocycles. The molecular formula is C44H49F2N9O3. The maximum atomic E-state index is 15.0. The number of hydrogen-bond donors (Lipinski definition) is 1. The van der Waals surface area contributed by atoms with E-state index < -0.39 is 17.2 Å². The van der Waals surface area contributed by atoms with Crippen LogP contribution < -0.4 is 25.5 Å². The van der Waals surface area contributed by atoms with E-state index in [1.165, 1.54) is 24.0 Å². The topological polar surface area (TPSA) is 108 Å².